The Balaban J connectivity index is 2.28. The molecular weight excluding hydrogens is 284 g/mol. The molecule has 0 unspecified atom stereocenters. The summed E-state index contributed by atoms with van der Waals surface area (Å²) in [7, 11) is -3.45. The maximum atomic E-state index is 12.5. The zero-order valence-corrected chi connectivity index (χ0v) is 12.5. The summed E-state index contributed by atoms with van der Waals surface area (Å²) < 4.78 is 26.6. The van der Waals surface area contributed by atoms with E-state index in [0.717, 1.165) is 18.4 Å². The third-order valence-electron chi connectivity index (χ3n) is 3.39. The van der Waals surface area contributed by atoms with E-state index in [4.69, 9.17) is 17.3 Å². The van der Waals surface area contributed by atoms with Gasteiger partial charge in [-0.3, -0.25) is 0 Å². The molecule has 0 bridgehead atoms. The highest BCUT2D eigenvalue weighted by atomic mass is 35.5. The Morgan fingerprint density at radius 1 is 1.42 bits per heavy atom. The summed E-state index contributed by atoms with van der Waals surface area (Å²) in [6.07, 6.45) is 2.25. The monoisotopic (exact) mass is 302 g/mol. The summed E-state index contributed by atoms with van der Waals surface area (Å²) in [6, 6.07) is 4.76. The first-order valence-corrected chi connectivity index (χ1v) is 8.29. The third-order valence-corrected chi connectivity index (χ3v) is 5.68. The second-order valence-electron chi connectivity index (χ2n) is 4.86. The van der Waals surface area contributed by atoms with Gasteiger partial charge in [0.2, 0.25) is 10.0 Å². The van der Waals surface area contributed by atoms with Gasteiger partial charge in [-0.1, -0.05) is 24.6 Å². The molecule has 1 fully saturated rings. The van der Waals surface area contributed by atoms with Gasteiger partial charge in [0.1, 0.15) is 0 Å². The van der Waals surface area contributed by atoms with Crippen molar-refractivity contribution in [3.05, 3.63) is 28.8 Å². The molecule has 0 amide bonds. The molecule has 0 radical (unpaired) electrons. The Bertz CT molecular complexity index is 556. The third kappa shape index (κ3) is 3.28. The molecule has 1 saturated carbocycles. The highest BCUT2D eigenvalue weighted by Gasteiger charge is 2.30. The molecule has 2 N–H and O–H groups in total. The fourth-order valence-electron chi connectivity index (χ4n) is 1.99. The molecule has 1 aliphatic rings. The minimum Gasteiger partial charge on any atom is -0.326 e. The van der Waals surface area contributed by atoms with Crippen molar-refractivity contribution in [2.45, 2.75) is 31.2 Å². The molecule has 1 aromatic rings. The van der Waals surface area contributed by atoms with E-state index in [1.54, 1.807) is 12.1 Å². The topological polar surface area (TPSA) is 63.4 Å². The van der Waals surface area contributed by atoms with Crippen LogP contribution in [0.3, 0.4) is 0 Å². The van der Waals surface area contributed by atoms with Crippen LogP contribution in [0.4, 0.5) is 0 Å². The molecule has 19 heavy (non-hydrogen) atoms. The van der Waals surface area contributed by atoms with Crippen LogP contribution < -0.4 is 5.73 Å². The van der Waals surface area contributed by atoms with Crippen LogP contribution in [-0.4, -0.2) is 25.8 Å². The molecule has 0 atom stereocenters. The minimum absolute atomic E-state index is 0.247. The number of halogens is 1. The lowest BCUT2D eigenvalue weighted by molar-refractivity contribution is 0.412. The first-order valence-electron chi connectivity index (χ1n) is 6.47. The largest absolute Gasteiger partial charge is 0.326 e. The van der Waals surface area contributed by atoms with Crippen molar-refractivity contribution in [1.82, 2.24) is 4.31 Å². The fraction of sp³-hybridized carbons (Fsp3) is 0.538. The predicted molar refractivity (Wildman–Crippen MR) is 76.5 cm³/mol. The summed E-state index contributed by atoms with van der Waals surface area (Å²) in [4.78, 5) is 0.247. The van der Waals surface area contributed by atoms with Gasteiger partial charge in [0.25, 0.3) is 0 Å². The molecule has 0 heterocycles. The molecule has 2 rings (SSSR count). The number of hydrogen-bond acceptors (Lipinski definition) is 3. The van der Waals surface area contributed by atoms with Crippen molar-refractivity contribution in [2.75, 3.05) is 13.1 Å². The lowest BCUT2D eigenvalue weighted by atomic mass is 10.2. The van der Waals surface area contributed by atoms with Crippen LogP contribution in [0.25, 0.3) is 0 Å². The first-order chi connectivity index (χ1) is 8.98. The average Bonchev–Trinajstić information content (AvgIpc) is 3.19. The van der Waals surface area contributed by atoms with E-state index in [1.165, 1.54) is 10.4 Å². The van der Waals surface area contributed by atoms with Gasteiger partial charge in [-0.15, -0.1) is 0 Å². The van der Waals surface area contributed by atoms with Gasteiger partial charge < -0.3 is 5.73 Å². The van der Waals surface area contributed by atoms with Gasteiger partial charge in [0.05, 0.1) is 4.90 Å². The van der Waals surface area contributed by atoms with Crippen LogP contribution in [0.15, 0.2) is 23.1 Å². The molecule has 0 saturated heterocycles. The van der Waals surface area contributed by atoms with E-state index in [0.29, 0.717) is 30.6 Å². The van der Waals surface area contributed by atoms with Crippen molar-refractivity contribution < 1.29 is 8.42 Å². The highest BCUT2D eigenvalue weighted by Crippen LogP contribution is 2.32. The van der Waals surface area contributed by atoms with Gasteiger partial charge in [0.15, 0.2) is 0 Å². The van der Waals surface area contributed by atoms with Gasteiger partial charge in [-0.25, -0.2) is 8.42 Å². The lowest BCUT2D eigenvalue weighted by Gasteiger charge is -2.20. The van der Waals surface area contributed by atoms with Crippen molar-refractivity contribution >= 4 is 21.6 Å². The zero-order chi connectivity index (χ0) is 14.0. The molecule has 0 aliphatic heterocycles. The maximum absolute atomic E-state index is 12.5. The Morgan fingerprint density at radius 3 is 2.58 bits per heavy atom. The number of hydrogen-bond donors (Lipinski definition) is 1. The molecule has 6 heteroatoms. The Hall–Kier alpha value is -0.620. The number of rotatable bonds is 6. The maximum Gasteiger partial charge on any atom is 0.243 e. The average molecular weight is 303 g/mol. The van der Waals surface area contributed by atoms with Crippen molar-refractivity contribution in [1.29, 1.82) is 0 Å². The normalized spacial score (nSPS) is 16.0. The quantitative estimate of drug-likeness (QED) is 0.876. The van der Waals surface area contributed by atoms with Gasteiger partial charge in [0, 0.05) is 24.7 Å². The van der Waals surface area contributed by atoms with Gasteiger partial charge >= 0.3 is 0 Å². The van der Waals surface area contributed by atoms with E-state index >= 15 is 0 Å². The van der Waals surface area contributed by atoms with Crippen LogP contribution in [0.5, 0.6) is 0 Å². The van der Waals surface area contributed by atoms with Gasteiger partial charge in [-0.2, -0.15) is 4.31 Å². The number of nitrogens with two attached hydrogens (primary N) is 1. The molecule has 0 aromatic heterocycles. The molecule has 4 nitrogen and oxygen atoms in total. The molecular formula is C13H19ClN2O2S. The first kappa shape index (κ1) is 14.8. The Kier molecular flexibility index (Phi) is 4.50. The van der Waals surface area contributed by atoms with Crippen LogP contribution in [0, 0.1) is 5.92 Å². The van der Waals surface area contributed by atoms with E-state index in [2.05, 4.69) is 0 Å². The van der Waals surface area contributed by atoms with Crippen LogP contribution >= 0.6 is 11.6 Å². The highest BCUT2D eigenvalue weighted by molar-refractivity contribution is 7.89. The molecule has 106 valence electrons. The van der Waals surface area contributed by atoms with E-state index < -0.39 is 10.0 Å². The summed E-state index contributed by atoms with van der Waals surface area (Å²) in [5.41, 5.74) is 6.28. The summed E-state index contributed by atoms with van der Waals surface area (Å²) in [5.74, 6) is 0.522. The standard InChI is InChI=1S/C13H19ClN2O2S/c1-2-16(9-10-3-4-10)19(17,18)12-6-5-11(8-15)13(14)7-12/h5-7,10H,2-4,8-9,15H2,1H3. The second kappa shape index (κ2) is 5.79. The Morgan fingerprint density at radius 2 is 2.11 bits per heavy atom. The second-order valence-corrected chi connectivity index (χ2v) is 7.20. The summed E-state index contributed by atoms with van der Waals surface area (Å²) in [5, 5.41) is 0.408. The fourth-order valence-corrected chi connectivity index (χ4v) is 3.86. The number of benzene rings is 1. The lowest BCUT2D eigenvalue weighted by Crippen LogP contribution is -2.32. The molecule has 0 spiro atoms. The van der Waals surface area contributed by atoms with Crippen molar-refractivity contribution in [3.63, 3.8) is 0 Å². The van der Waals surface area contributed by atoms with E-state index in [9.17, 15) is 8.42 Å². The summed E-state index contributed by atoms with van der Waals surface area (Å²) >= 11 is 6.04. The number of sulfonamides is 1. The van der Waals surface area contributed by atoms with Crippen LogP contribution in [0.1, 0.15) is 25.3 Å². The van der Waals surface area contributed by atoms with E-state index in [1.807, 2.05) is 6.92 Å². The summed E-state index contributed by atoms with van der Waals surface area (Å²) in [6.45, 7) is 3.25. The Labute approximate surface area is 119 Å². The zero-order valence-electron chi connectivity index (χ0n) is 11.0. The smallest absolute Gasteiger partial charge is 0.243 e. The van der Waals surface area contributed by atoms with Crippen molar-refractivity contribution in [3.8, 4) is 0 Å². The van der Waals surface area contributed by atoms with E-state index in [-0.39, 0.29) is 4.90 Å². The molecule has 1 aromatic carbocycles. The predicted octanol–water partition coefficient (Wildman–Crippen LogP) is 2.22. The minimum atomic E-state index is -3.45. The van der Waals surface area contributed by atoms with Crippen LogP contribution in [-0.2, 0) is 16.6 Å². The number of nitrogens with zero attached hydrogens (tertiary/aromatic N) is 1. The van der Waals surface area contributed by atoms with Crippen LogP contribution in [0.2, 0.25) is 5.02 Å². The van der Waals surface area contributed by atoms with Crippen molar-refractivity contribution in [2.24, 2.45) is 11.7 Å². The van der Waals surface area contributed by atoms with Gasteiger partial charge in [-0.05, 0) is 36.5 Å². The molecule has 1 aliphatic carbocycles. The SMILES string of the molecule is CCN(CC1CC1)S(=O)(=O)c1ccc(CN)c(Cl)c1.